The van der Waals surface area contributed by atoms with Gasteiger partial charge in [0, 0.05) is 25.1 Å². The van der Waals surface area contributed by atoms with Crippen LogP contribution in [0.5, 0.6) is 5.75 Å². The number of halogens is 1. The first-order valence-electron chi connectivity index (χ1n) is 10.6. The molecule has 2 aromatic carbocycles. The fourth-order valence-electron chi connectivity index (χ4n) is 4.45. The highest BCUT2D eigenvalue weighted by Crippen LogP contribution is 2.35. The van der Waals surface area contributed by atoms with E-state index < -0.39 is 0 Å². The summed E-state index contributed by atoms with van der Waals surface area (Å²) < 4.78 is 5.28. The number of hydrogen-bond donors (Lipinski definition) is 0. The number of methoxy groups -OCH3 is 1. The molecule has 0 bridgehead atoms. The minimum Gasteiger partial charge on any atom is -0.497 e. The smallest absolute Gasteiger partial charge is 0.254 e. The van der Waals surface area contributed by atoms with Gasteiger partial charge in [0.25, 0.3) is 5.91 Å². The van der Waals surface area contributed by atoms with E-state index in [-0.39, 0.29) is 17.9 Å². The van der Waals surface area contributed by atoms with Crippen LogP contribution in [-0.2, 0) is 4.79 Å². The molecule has 0 unspecified atom stereocenters. The van der Waals surface area contributed by atoms with Crippen molar-refractivity contribution in [3.05, 3.63) is 58.6 Å². The maximum atomic E-state index is 13.6. The highest BCUT2D eigenvalue weighted by molar-refractivity contribution is 6.34. The summed E-state index contributed by atoms with van der Waals surface area (Å²) in [5.41, 5.74) is 2.34. The predicted molar refractivity (Wildman–Crippen MR) is 118 cm³/mol. The van der Waals surface area contributed by atoms with Crippen molar-refractivity contribution in [2.24, 2.45) is 0 Å². The molecule has 2 saturated heterocycles. The van der Waals surface area contributed by atoms with Crippen LogP contribution >= 0.6 is 11.6 Å². The Hall–Kier alpha value is -2.53. The van der Waals surface area contributed by atoms with Gasteiger partial charge in [-0.3, -0.25) is 9.59 Å². The fraction of sp³-hybridized carbons (Fsp3) is 0.417. The van der Waals surface area contributed by atoms with Crippen LogP contribution in [0, 0.1) is 0 Å². The summed E-state index contributed by atoms with van der Waals surface area (Å²) in [5.74, 6) is 0.859. The van der Waals surface area contributed by atoms with Crippen LogP contribution in [0.2, 0.25) is 5.02 Å². The van der Waals surface area contributed by atoms with Crippen LogP contribution in [0.25, 0.3) is 0 Å². The molecule has 0 saturated carbocycles. The number of likely N-dealkylation sites (tertiary alicyclic amines) is 1. The molecule has 30 heavy (non-hydrogen) atoms. The van der Waals surface area contributed by atoms with Gasteiger partial charge < -0.3 is 14.5 Å². The zero-order valence-corrected chi connectivity index (χ0v) is 18.0. The molecule has 5 nitrogen and oxygen atoms in total. The Kier molecular flexibility index (Phi) is 6.28. The number of nitrogens with zero attached hydrogens (tertiary/aromatic N) is 2. The van der Waals surface area contributed by atoms with Crippen molar-refractivity contribution in [3.8, 4) is 5.75 Å². The average Bonchev–Trinajstić information content (AvgIpc) is 3.05. The summed E-state index contributed by atoms with van der Waals surface area (Å²) in [6.45, 7) is 1.37. The number of anilines is 1. The Morgan fingerprint density at radius 2 is 1.83 bits per heavy atom. The molecule has 2 aliphatic heterocycles. The monoisotopic (exact) mass is 426 g/mol. The SMILES string of the molecule is COc1ccc([C@@H]2CCCCCN2C(=O)c2ccc(Cl)c(N3CCCC3=O)c2)cc1. The zero-order chi connectivity index (χ0) is 21.1. The maximum absolute atomic E-state index is 13.6. The molecule has 0 spiro atoms. The lowest BCUT2D eigenvalue weighted by atomic mass is 9.99. The third-order valence-corrected chi connectivity index (χ3v) is 6.39. The standard InChI is InChI=1S/C24H27ClN2O3/c1-30-19-11-8-17(9-12-19)21-6-3-2-4-14-27(21)24(29)18-10-13-20(25)22(16-18)26-15-5-7-23(26)28/h8-13,16,21H,2-7,14-15H2,1H3/t21-/m0/s1. The van der Waals surface area contributed by atoms with Crippen molar-refractivity contribution in [2.45, 2.75) is 44.6 Å². The Bertz CT molecular complexity index is 929. The van der Waals surface area contributed by atoms with Gasteiger partial charge >= 0.3 is 0 Å². The topological polar surface area (TPSA) is 49.9 Å². The molecule has 2 amide bonds. The summed E-state index contributed by atoms with van der Waals surface area (Å²) in [4.78, 5) is 29.5. The number of rotatable bonds is 4. The first kappa shape index (κ1) is 20.7. The van der Waals surface area contributed by atoms with Gasteiger partial charge in [0.1, 0.15) is 5.75 Å². The summed E-state index contributed by atoms with van der Waals surface area (Å²) in [5, 5.41) is 0.504. The Labute approximate surface area is 182 Å². The van der Waals surface area contributed by atoms with Gasteiger partial charge in [-0.05, 0) is 55.2 Å². The number of hydrogen-bond acceptors (Lipinski definition) is 3. The van der Waals surface area contributed by atoms with Crippen molar-refractivity contribution in [1.29, 1.82) is 0 Å². The molecule has 158 valence electrons. The first-order valence-corrected chi connectivity index (χ1v) is 11.0. The molecular formula is C24H27ClN2O3. The lowest BCUT2D eigenvalue weighted by Crippen LogP contribution is -2.35. The van der Waals surface area contributed by atoms with Gasteiger partial charge in [0.2, 0.25) is 5.91 Å². The summed E-state index contributed by atoms with van der Waals surface area (Å²) in [7, 11) is 1.65. The minimum atomic E-state index is -0.0118. The van der Waals surface area contributed by atoms with Crippen LogP contribution in [0.4, 0.5) is 5.69 Å². The second kappa shape index (κ2) is 9.09. The van der Waals surface area contributed by atoms with Gasteiger partial charge in [-0.2, -0.15) is 0 Å². The van der Waals surface area contributed by atoms with Crippen molar-refractivity contribution in [3.63, 3.8) is 0 Å². The number of benzene rings is 2. The molecule has 2 heterocycles. The van der Waals surface area contributed by atoms with Gasteiger partial charge in [-0.15, -0.1) is 0 Å². The number of ether oxygens (including phenoxy) is 1. The van der Waals surface area contributed by atoms with Crippen molar-refractivity contribution >= 4 is 29.1 Å². The van der Waals surface area contributed by atoms with Gasteiger partial charge in [0.15, 0.2) is 0 Å². The molecule has 2 aromatic rings. The lowest BCUT2D eigenvalue weighted by molar-refractivity contribution is -0.117. The number of amides is 2. The molecule has 0 radical (unpaired) electrons. The van der Waals surface area contributed by atoms with Crippen molar-refractivity contribution in [1.82, 2.24) is 4.90 Å². The molecule has 2 fully saturated rings. The van der Waals surface area contributed by atoms with E-state index in [4.69, 9.17) is 16.3 Å². The van der Waals surface area contributed by atoms with E-state index in [0.29, 0.717) is 29.2 Å². The van der Waals surface area contributed by atoms with Gasteiger partial charge in [-0.1, -0.05) is 36.6 Å². The van der Waals surface area contributed by atoms with Crippen LogP contribution < -0.4 is 9.64 Å². The Morgan fingerprint density at radius 1 is 1.03 bits per heavy atom. The van der Waals surface area contributed by atoms with Crippen molar-refractivity contribution < 1.29 is 14.3 Å². The molecule has 0 aromatic heterocycles. The van der Waals surface area contributed by atoms with Crippen LogP contribution in [-0.4, -0.2) is 36.9 Å². The van der Waals surface area contributed by atoms with Gasteiger partial charge in [0.05, 0.1) is 23.9 Å². The fourth-order valence-corrected chi connectivity index (χ4v) is 4.66. The molecular weight excluding hydrogens is 400 g/mol. The van der Waals surface area contributed by atoms with E-state index in [0.717, 1.165) is 50.0 Å². The summed E-state index contributed by atoms with van der Waals surface area (Å²) >= 11 is 6.38. The van der Waals surface area contributed by atoms with E-state index in [1.54, 1.807) is 30.2 Å². The third-order valence-electron chi connectivity index (χ3n) is 6.07. The van der Waals surface area contributed by atoms with E-state index in [1.165, 1.54) is 0 Å². The highest BCUT2D eigenvalue weighted by atomic mass is 35.5. The number of carbonyl (C=O) groups is 2. The van der Waals surface area contributed by atoms with E-state index in [1.807, 2.05) is 29.2 Å². The van der Waals surface area contributed by atoms with Crippen LogP contribution in [0.1, 0.15) is 60.5 Å². The molecule has 1 atom stereocenters. The zero-order valence-electron chi connectivity index (χ0n) is 17.3. The highest BCUT2D eigenvalue weighted by Gasteiger charge is 2.29. The van der Waals surface area contributed by atoms with Crippen LogP contribution in [0.3, 0.4) is 0 Å². The summed E-state index contributed by atoms with van der Waals surface area (Å²) in [6, 6.07) is 13.3. The van der Waals surface area contributed by atoms with Crippen LogP contribution in [0.15, 0.2) is 42.5 Å². The second-order valence-corrected chi connectivity index (χ2v) is 8.36. The molecule has 0 N–H and O–H groups in total. The molecule has 4 rings (SSSR count). The first-order chi connectivity index (χ1) is 14.6. The van der Waals surface area contributed by atoms with Gasteiger partial charge in [-0.25, -0.2) is 0 Å². The van der Waals surface area contributed by atoms with Crippen molar-refractivity contribution in [2.75, 3.05) is 25.1 Å². The maximum Gasteiger partial charge on any atom is 0.254 e. The quantitative estimate of drug-likeness (QED) is 0.672. The Morgan fingerprint density at radius 3 is 2.53 bits per heavy atom. The molecule has 6 heteroatoms. The summed E-state index contributed by atoms with van der Waals surface area (Å²) in [6.07, 6.45) is 5.48. The van der Waals surface area contributed by atoms with E-state index >= 15 is 0 Å². The Balaban J connectivity index is 1.64. The predicted octanol–water partition coefficient (Wildman–Crippen LogP) is 5.23. The molecule has 2 aliphatic rings. The van der Waals surface area contributed by atoms with E-state index in [2.05, 4.69) is 0 Å². The normalized spacial score (nSPS) is 19.7. The lowest BCUT2D eigenvalue weighted by Gasteiger charge is -2.31. The number of carbonyl (C=O) groups excluding carboxylic acids is 2. The minimum absolute atomic E-state index is 0.0118. The van der Waals surface area contributed by atoms with E-state index in [9.17, 15) is 9.59 Å². The largest absolute Gasteiger partial charge is 0.497 e. The average molecular weight is 427 g/mol. The third kappa shape index (κ3) is 4.17. The molecule has 0 aliphatic carbocycles. The second-order valence-electron chi connectivity index (χ2n) is 7.95.